The SMILES string of the molecule is CC(C)N(CC1CC1)c1ccc(C(N)=S)c2ccccc12. The molecule has 2 nitrogen and oxygen atoms in total. The van der Waals surface area contributed by atoms with Crippen LogP contribution in [0.2, 0.25) is 0 Å². The Morgan fingerprint density at radius 3 is 2.43 bits per heavy atom. The summed E-state index contributed by atoms with van der Waals surface area (Å²) in [5.41, 5.74) is 8.14. The van der Waals surface area contributed by atoms with Crippen molar-refractivity contribution in [2.75, 3.05) is 11.4 Å². The summed E-state index contributed by atoms with van der Waals surface area (Å²) in [7, 11) is 0. The maximum Gasteiger partial charge on any atom is 0.104 e. The number of hydrogen-bond acceptors (Lipinski definition) is 2. The van der Waals surface area contributed by atoms with E-state index in [9.17, 15) is 0 Å². The van der Waals surface area contributed by atoms with Crippen LogP contribution in [0.15, 0.2) is 36.4 Å². The van der Waals surface area contributed by atoms with Gasteiger partial charge >= 0.3 is 0 Å². The predicted molar refractivity (Wildman–Crippen MR) is 95.0 cm³/mol. The largest absolute Gasteiger partial charge is 0.389 e. The number of rotatable bonds is 5. The van der Waals surface area contributed by atoms with Crippen LogP contribution in [0, 0.1) is 5.92 Å². The highest BCUT2D eigenvalue weighted by atomic mass is 32.1. The third kappa shape index (κ3) is 2.88. The number of benzene rings is 2. The second-order valence-corrected chi connectivity index (χ2v) is 6.67. The molecular weight excluding hydrogens is 276 g/mol. The Balaban J connectivity index is 2.13. The van der Waals surface area contributed by atoms with Gasteiger partial charge in [-0.1, -0.05) is 36.5 Å². The zero-order chi connectivity index (χ0) is 15.0. The Kier molecular flexibility index (Phi) is 3.85. The number of anilines is 1. The molecule has 0 radical (unpaired) electrons. The van der Waals surface area contributed by atoms with Gasteiger partial charge in [0.1, 0.15) is 4.99 Å². The molecule has 0 atom stereocenters. The van der Waals surface area contributed by atoms with Gasteiger partial charge in [0, 0.05) is 29.2 Å². The van der Waals surface area contributed by atoms with Crippen LogP contribution < -0.4 is 10.6 Å². The molecule has 0 saturated heterocycles. The van der Waals surface area contributed by atoms with Crippen LogP contribution in [0.25, 0.3) is 10.8 Å². The van der Waals surface area contributed by atoms with E-state index in [2.05, 4.69) is 55.1 Å². The standard InChI is InChI=1S/C18H22N2S/c1-12(2)20(11-13-7-8-13)17-10-9-16(18(19)21)14-5-3-4-6-15(14)17/h3-6,9-10,12-13H,7-8,11H2,1-2H3,(H2,19,21). The van der Waals surface area contributed by atoms with Crippen molar-refractivity contribution in [2.45, 2.75) is 32.7 Å². The van der Waals surface area contributed by atoms with Crippen LogP contribution in [0.4, 0.5) is 5.69 Å². The van der Waals surface area contributed by atoms with Crippen molar-refractivity contribution in [2.24, 2.45) is 11.7 Å². The van der Waals surface area contributed by atoms with E-state index in [1.54, 1.807) is 0 Å². The summed E-state index contributed by atoms with van der Waals surface area (Å²) >= 11 is 5.19. The maximum atomic E-state index is 5.87. The summed E-state index contributed by atoms with van der Waals surface area (Å²) in [5, 5.41) is 2.40. The molecule has 2 aromatic rings. The Morgan fingerprint density at radius 1 is 1.19 bits per heavy atom. The van der Waals surface area contributed by atoms with Crippen LogP contribution in [0.3, 0.4) is 0 Å². The van der Waals surface area contributed by atoms with Gasteiger partial charge in [-0.2, -0.15) is 0 Å². The number of thiocarbonyl (C=S) groups is 1. The maximum absolute atomic E-state index is 5.87. The molecule has 3 heteroatoms. The lowest BCUT2D eigenvalue weighted by atomic mass is 10.0. The second kappa shape index (κ2) is 5.64. The first-order chi connectivity index (χ1) is 10.1. The molecular formula is C18H22N2S. The molecule has 0 amide bonds. The van der Waals surface area contributed by atoms with Gasteiger partial charge < -0.3 is 10.6 Å². The van der Waals surface area contributed by atoms with E-state index in [1.807, 2.05) is 0 Å². The lowest BCUT2D eigenvalue weighted by Gasteiger charge is -2.30. The molecule has 0 bridgehead atoms. The first-order valence-electron chi connectivity index (χ1n) is 7.66. The highest BCUT2D eigenvalue weighted by Crippen LogP contribution is 2.36. The smallest absolute Gasteiger partial charge is 0.104 e. The third-order valence-corrected chi connectivity index (χ3v) is 4.47. The van der Waals surface area contributed by atoms with Gasteiger partial charge in [-0.3, -0.25) is 0 Å². The van der Waals surface area contributed by atoms with Crippen LogP contribution in [0.5, 0.6) is 0 Å². The summed E-state index contributed by atoms with van der Waals surface area (Å²) in [4.78, 5) is 2.99. The van der Waals surface area contributed by atoms with E-state index >= 15 is 0 Å². The molecule has 0 aliphatic heterocycles. The molecule has 0 aromatic heterocycles. The van der Waals surface area contributed by atoms with Gasteiger partial charge in [-0.25, -0.2) is 0 Å². The number of hydrogen-bond donors (Lipinski definition) is 1. The fourth-order valence-electron chi connectivity index (χ4n) is 2.91. The molecule has 21 heavy (non-hydrogen) atoms. The molecule has 2 N–H and O–H groups in total. The summed E-state index contributed by atoms with van der Waals surface area (Å²) < 4.78 is 0. The van der Waals surface area contributed by atoms with Gasteiger partial charge in [-0.15, -0.1) is 0 Å². The third-order valence-electron chi connectivity index (χ3n) is 4.25. The second-order valence-electron chi connectivity index (χ2n) is 6.23. The van der Waals surface area contributed by atoms with Crippen molar-refractivity contribution in [1.82, 2.24) is 0 Å². The molecule has 0 spiro atoms. The van der Waals surface area contributed by atoms with Crippen LogP contribution in [-0.2, 0) is 0 Å². The first-order valence-corrected chi connectivity index (χ1v) is 8.07. The minimum atomic E-state index is 0.469. The Bertz CT molecular complexity index is 674. The Morgan fingerprint density at radius 2 is 1.86 bits per heavy atom. The van der Waals surface area contributed by atoms with E-state index in [1.165, 1.54) is 23.9 Å². The summed E-state index contributed by atoms with van der Waals surface area (Å²) in [5.74, 6) is 0.862. The van der Waals surface area contributed by atoms with Gasteiger partial charge in [0.05, 0.1) is 0 Å². The molecule has 1 aliphatic carbocycles. The quantitative estimate of drug-likeness (QED) is 0.843. The molecule has 0 unspecified atom stereocenters. The van der Waals surface area contributed by atoms with Crippen molar-refractivity contribution in [1.29, 1.82) is 0 Å². The minimum Gasteiger partial charge on any atom is -0.389 e. The molecule has 1 aliphatic rings. The first kappa shape index (κ1) is 14.3. The molecule has 3 rings (SSSR count). The number of nitrogens with two attached hydrogens (primary N) is 1. The van der Waals surface area contributed by atoms with E-state index in [-0.39, 0.29) is 0 Å². The van der Waals surface area contributed by atoms with Gasteiger partial charge in [0.25, 0.3) is 0 Å². The minimum absolute atomic E-state index is 0.469. The molecule has 110 valence electrons. The number of nitrogens with zero attached hydrogens (tertiary/aromatic N) is 1. The lowest BCUT2D eigenvalue weighted by molar-refractivity contribution is 0.647. The Labute approximate surface area is 131 Å². The molecule has 2 aromatic carbocycles. The monoisotopic (exact) mass is 298 g/mol. The molecule has 1 saturated carbocycles. The molecule has 1 fully saturated rings. The van der Waals surface area contributed by atoms with E-state index in [0.717, 1.165) is 23.4 Å². The lowest BCUT2D eigenvalue weighted by Crippen LogP contribution is -2.33. The van der Waals surface area contributed by atoms with E-state index in [4.69, 9.17) is 18.0 Å². The molecule has 0 heterocycles. The van der Waals surface area contributed by atoms with Crippen molar-refractivity contribution in [3.8, 4) is 0 Å². The zero-order valence-corrected chi connectivity index (χ0v) is 13.5. The van der Waals surface area contributed by atoms with Gasteiger partial charge in [-0.05, 0) is 50.1 Å². The average Bonchev–Trinajstić information content (AvgIpc) is 3.27. The zero-order valence-electron chi connectivity index (χ0n) is 12.7. The topological polar surface area (TPSA) is 29.3 Å². The van der Waals surface area contributed by atoms with E-state index in [0.29, 0.717) is 11.0 Å². The van der Waals surface area contributed by atoms with Crippen molar-refractivity contribution >= 4 is 33.7 Å². The van der Waals surface area contributed by atoms with Crippen molar-refractivity contribution in [3.63, 3.8) is 0 Å². The fourth-order valence-corrected chi connectivity index (χ4v) is 3.09. The summed E-state index contributed by atoms with van der Waals surface area (Å²) in [6.45, 7) is 5.67. The highest BCUT2D eigenvalue weighted by molar-refractivity contribution is 7.80. The van der Waals surface area contributed by atoms with E-state index < -0.39 is 0 Å². The fraction of sp³-hybridized carbons (Fsp3) is 0.389. The van der Waals surface area contributed by atoms with Crippen molar-refractivity contribution in [3.05, 3.63) is 42.0 Å². The highest BCUT2D eigenvalue weighted by Gasteiger charge is 2.26. The van der Waals surface area contributed by atoms with Gasteiger partial charge in [0.15, 0.2) is 0 Å². The summed E-state index contributed by atoms with van der Waals surface area (Å²) in [6.07, 6.45) is 2.73. The predicted octanol–water partition coefficient (Wildman–Crippen LogP) is 4.10. The van der Waals surface area contributed by atoms with Crippen molar-refractivity contribution < 1.29 is 0 Å². The average molecular weight is 298 g/mol. The van der Waals surface area contributed by atoms with Crippen LogP contribution >= 0.6 is 12.2 Å². The van der Waals surface area contributed by atoms with Gasteiger partial charge in [0.2, 0.25) is 0 Å². The normalized spacial score (nSPS) is 14.6. The Hall–Kier alpha value is -1.61. The number of fused-ring (bicyclic) bond motifs is 1. The van der Waals surface area contributed by atoms with Crippen LogP contribution in [0.1, 0.15) is 32.3 Å². The van der Waals surface area contributed by atoms with Crippen LogP contribution in [-0.4, -0.2) is 17.6 Å². The summed E-state index contributed by atoms with van der Waals surface area (Å²) in [6, 6.07) is 13.2.